The van der Waals surface area contributed by atoms with Crippen LogP contribution in [0.3, 0.4) is 0 Å². The smallest absolute Gasteiger partial charge is 0.119 e. The fraction of sp³-hybridized carbons (Fsp3) is 0.400. The molecule has 0 radical (unpaired) electrons. The SMILES string of the molecule is Cc1ccc(-c2ccc(OC3CCC(C)CC3)cc2)cc1. The Bertz CT molecular complexity index is 560. The van der Waals surface area contributed by atoms with E-state index in [0.29, 0.717) is 6.10 Å². The summed E-state index contributed by atoms with van der Waals surface area (Å²) < 4.78 is 6.11. The van der Waals surface area contributed by atoms with Crippen LogP contribution >= 0.6 is 0 Å². The zero-order valence-electron chi connectivity index (χ0n) is 13.0. The van der Waals surface area contributed by atoms with Gasteiger partial charge in [-0.05, 0) is 61.8 Å². The van der Waals surface area contributed by atoms with E-state index in [4.69, 9.17) is 4.74 Å². The van der Waals surface area contributed by atoms with Crippen molar-refractivity contribution in [2.45, 2.75) is 45.6 Å². The minimum Gasteiger partial charge on any atom is -0.490 e. The highest BCUT2D eigenvalue weighted by molar-refractivity contribution is 5.64. The Morgan fingerprint density at radius 1 is 0.762 bits per heavy atom. The quantitative estimate of drug-likeness (QED) is 0.709. The molecule has 21 heavy (non-hydrogen) atoms. The van der Waals surface area contributed by atoms with Crippen LogP contribution in [0.1, 0.15) is 38.2 Å². The highest BCUT2D eigenvalue weighted by Crippen LogP contribution is 2.28. The minimum atomic E-state index is 0.409. The number of rotatable bonds is 3. The fourth-order valence-corrected chi connectivity index (χ4v) is 3.01. The van der Waals surface area contributed by atoms with Gasteiger partial charge in [0.05, 0.1) is 6.10 Å². The standard InChI is InChI=1S/C20H24O/c1-15-3-7-17(8-4-15)18-9-13-20(14-10-18)21-19-11-5-16(2)6-12-19/h3-4,7-10,13-14,16,19H,5-6,11-12H2,1-2H3. The largest absolute Gasteiger partial charge is 0.490 e. The summed E-state index contributed by atoms with van der Waals surface area (Å²) in [6.45, 7) is 4.46. The molecule has 0 heterocycles. The molecule has 0 N–H and O–H groups in total. The lowest BCUT2D eigenvalue weighted by atomic mass is 9.89. The first kappa shape index (κ1) is 14.2. The third kappa shape index (κ3) is 3.66. The molecule has 2 aromatic carbocycles. The first-order valence-corrected chi connectivity index (χ1v) is 8.04. The van der Waals surface area contributed by atoms with E-state index in [1.54, 1.807) is 0 Å². The summed E-state index contributed by atoms with van der Waals surface area (Å²) in [5, 5.41) is 0. The van der Waals surface area contributed by atoms with Crippen molar-refractivity contribution >= 4 is 0 Å². The molecule has 0 atom stereocenters. The maximum Gasteiger partial charge on any atom is 0.119 e. The van der Waals surface area contributed by atoms with Gasteiger partial charge in [-0.3, -0.25) is 0 Å². The van der Waals surface area contributed by atoms with E-state index in [1.807, 2.05) is 0 Å². The van der Waals surface area contributed by atoms with Crippen LogP contribution in [0.5, 0.6) is 5.75 Å². The van der Waals surface area contributed by atoms with Gasteiger partial charge < -0.3 is 4.74 Å². The van der Waals surface area contributed by atoms with Crippen molar-refractivity contribution in [3.8, 4) is 16.9 Å². The molecule has 0 aromatic heterocycles. The second-order valence-corrected chi connectivity index (χ2v) is 6.39. The third-order valence-electron chi connectivity index (χ3n) is 4.50. The molecule has 110 valence electrons. The molecular weight excluding hydrogens is 256 g/mol. The summed E-state index contributed by atoms with van der Waals surface area (Å²) in [5.41, 5.74) is 3.81. The molecule has 0 unspecified atom stereocenters. The molecule has 0 bridgehead atoms. The number of aryl methyl sites for hydroxylation is 1. The fourth-order valence-electron chi connectivity index (χ4n) is 3.01. The maximum atomic E-state index is 6.11. The lowest BCUT2D eigenvalue weighted by Crippen LogP contribution is -2.22. The third-order valence-corrected chi connectivity index (χ3v) is 4.50. The molecule has 1 nitrogen and oxygen atoms in total. The summed E-state index contributed by atoms with van der Waals surface area (Å²) in [4.78, 5) is 0. The number of benzene rings is 2. The lowest BCUT2D eigenvalue weighted by Gasteiger charge is -2.26. The van der Waals surface area contributed by atoms with E-state index in [-0.39, 0.29) is 0 Å². The van der Waals surface area contributed by atoms with Crippen LogP contribution < -0.4 is 4.74 Å². The average Bonchev–Trinajstić information content (AvgIpc) is 2.51. The summed E-state index contributed by atoms with van der Waals surface area (Å²) in [5.74, 6) is 1.87. The van der Waals surface area contributed by atoms with Gasteiger partial charge in [0.25, 0.3) is 0 Å². The van der Waals surface area contributed by atoms with Crippen molar-refractivity contribution in [2.75, 3.05) is 0 Å². The van der Waals surface area contributed by atoms with Gasteiger partial charge >= 0.3 is 0 Å². The van der Waals surface area contributed by atoms with Crippen molar-refractivity contribution < 1.29 is 4.74 Å². The normalized spacial score (nSPS) is 22.0. The van der Waals surface area contributed by atoms with Crippen LogP contribution in [0.4, 0.5) is 0 Å². The van der Waals surface area contributed by atoms with Gasteiger partial charge in [-0.15, -0.1) is 0 Å². The molecule has 1 aliphatic carbocycles. The van der Waals surface area contributed by atoms with E-state index in [1.165, 1.54) is 42.4 Å². The Balaban J connectivity index is 1.65. The molecule has 1 saturated carbocycles. The van der Waals surface area contributed by atoms with E-state index in [0.717, 1.165) is 11.7 Å². The second-order valence-electron chi connectivity index (χ2n) is 6.39. The predicted octanol–water partition coefficient (Wildman–Crippen LogP) is 5.62. The molecule has 0 aliphatic heterocycles. The van der Waals surface area contributed by atoms with Gasteiger partial charge in [0.1, 0.15) is 5.75 Å². The highest BCUT2D eigenvalue weighted by atomic mass is 16.5. The Morgan fingerprint density at radius 2 is 1.29 bits per heavy atom. The van der Waals surface area contributed by atoms with Gasteiger partial charge in [0, 0.05) is 0 Å². The van der Waals surface area contributed by atoms with Crippen LogP contribution in [0.15, 0.2) is 48.5 Å². The zero-order valence-corrected chi connectivity index (χ0v) is 13.0. The molecule has 1 fully saturated rings. The minimum absolute atomic E-state index is 0.409. The predicted molar refractivity (Wildman–Crippen MR) is 88.7 cm³/mol. The van der Waals surface area contributed by atoms with E-state index >= 15 is 0 Å². The van der Waals surface area contributed by atoms with Crippen LogP contribution in [-0.2, 0) is 0 Å². The van der Waals surface area contributed by atoms with E-state index in [2.05, 4.69) is 62.4 Å². The first-order chi connectivity index (χ1) is 10.2. The van der Waals surface area contributed by atoms with Crippen LogP contribution in [-0.4, -0.2) is 6.10 Å². The molecule has 0 amide bonds. The van der Waals surface area contributed by atoms with Gasteiger partial charge in [-0.2, -0.15) is 0 Å². The second kappa shape index (κ2) is 6.34. The van der Waals surface area contributed by atoms with Gasteiger partial charge in [-0.25, -0.2) is 0 Å². The van der Waals surface area contributed by atoms with Gasteiger partial charge in [0.2, 0.25) is 0 Å². The Kier molecular flexibility index (Phi) is 4.28. The van der Waals surface area contributed by atoms with Gasteiger partial charge in [0.15, 0.2) is 0 Å². The molecular formula is C20H24O. The number of hydrogen-bond acceptors (Lipinski definition) is 1. The first-order valence-electron chi connectivity index (χ1n) is 8.04. The average molecular weight is 280 g/mol. The van der Waals surface area contributed by atoms with Crippen molar-refractivity contribution in [3.63, 3.8) is 0 Å². The van der Waals surface area contributed by atoms with Crippen molar-refractivity contribution in [3.05, 3.63) is 54.1 Å². The van der Waals surface area contributed by atoms with Crippen LogP contribution in [0.25, 0.3) is 11.1 Å². The van der Waals surface area contributed by atoms with Gasteiger partial charge in [-0.1, -0.05) is 48.9 Å². The highest BCUT2D eigenvalue weighted by Gasteiger charge is 2.19. The lowest BCUT2D eigenvalue weighted by molar-refractivity contribution is 0.135. The van der Waals surface area contributed by atoms with E-state index in [9.17, 15) is 0 Å². The van der Waals surface area contributed by atoms with Crippen molar-refractivity contribution in [2.24, 2.45) is 5.92 Å². The molecule has 2 aromatic rings. The number of hydrogen-bond donors (Lipinski definition) is 0. The van der Waals surface area contributed by atoms with Crippen molar-refractivity contribution in [1.29, 1.82) is 0 Å². The number of ether oxygens (including phenoxy) is 1. The Morgan fingerprint density at radius 3 is 1.86 bits per heavy atom. The summed E-state index contributed by atoms with van der Waals surface area (Å²) in [6, 6.07) is 17.2. The summed E-state index contributed by atoms with van der Waals surface area (Å²) in [6.07, 6.45) is 5.39. The van der Waals surface area contributed by atoms with Crippen molar-refractivity contribution in [1.82, 2.24) is 0 Å². The molecule has 3 rings (SSSR count). The topological polar surface area (TPSA) is 9.23 Å². The van der Waals surface area contributed by atoms with Crippen LogP contribution in [0.2, 0.25) is 0 Å². The molecule has 1 heteroatoms. The maximum absolute atomic E-state index is 6.11. The molecule has 0 saturated heterocycles. The Labute approximate surface area is 128 Å². The molecule has 1 aliphatic rings. The molecule has 0 spiro atoms. The monoisotopic (exact) mass is 280 g/mol. The Hall–Kier alpha value is -1.76. The summed E-state index contributed by atoms with van der Waals surface area (Å²) >= 11 is 0. The van der Waals surface area contributed by atoms with E-state index < -0.39 is 0 Å². The van der Waals surface area contributed by atoms with Crippen LogP contribution in [0, 0.1) is 12.8 Å². The summed E-state index contributed by atoms with van der Waals surface area (Å²) in [7, 11) is 0. The zero-order chi connectivity index (χ0) is 14.7.